The van der Waals surface area contributed by atoms with Gasteiger partial charge in [-0.25, -0.2) is 0 Å². The first kappa shape index (κ1) is 11.0. The molecule has 1 aromatic carbocycles. The van der Waals surface area contributed by atoms with E-state index in [-0.39, 0.29) is 5.75 Å². The predicted molar refractivity (Wildman–Crippen MR) is 64.6 cm³/mol. The van der Waals surface area contributed by atoms with Crippen molar-refractivity contribution >= 4 is 11.3 Å². The van der Waals surface area contributed by atoms with E-state index in [9.17, 15) is 5.11 Å². The summed E-state index contributed by atoms with van der Waals surface area (Å²) >= 11 is 1.56. The maximum atomic E-state index is 9.37. The Hall–Kier alpha value is -1.46. The maximum Gasteiger partial charge on any atom is 0.147 e. The molecule has 0 unspecified atom stereocenters. The highest BCUT2D eigenvalue weighted by Crippen LogP contribution is 2.26. The molecule has 2 rings (SSSR count). The number of aromatic hydroxyl groups is 1. The Bertz CT molecular complexity index is 470. The number of phenolic OH excluding ortho intramolecular Hbond substituents is 1. The topological polar surface area (TPSA) is 58.0 Å². The summed E-state index contributed by atoms with van der Waals surface area (Å²) in [6, 6.07) is 7.07. The molecule has 0 atom stereocenters. The molecule has 0 aliphatic rings. The lowest BCUT2D eigenvalue weighted by atomic mass is 10.2. The van der Waals surface area contributed by atoms with Crippen molar-refractivity contribution in [2.75, 3.05) is 13.6 Å². The minimum absolute atomic E-state index is 0.254. The monoisotopic (exact) mass is 235 g/mol. The molecule has 4 nitrogen and oxygen atoms in total. The van der Waals surface area contributed by atoms with Crippen LogP contribution in [0.25, 0.3) is 10.6 Å². The number of benzene rings is 1. The van der Waals surface area contributed by atoms with Crippen molar-refractivity contribution in [1.82, 2.24) is 15.5 Å². The summed E-state index contributed by atoms with van der Waals surface area (Å²) in [5.74, 6) is 0.254. The quantitative estimate of drug-likeness (QED) is 0.846. The molecule has 0 amide bonds. The van der Waals surface area contributed by atoms with E-state index in [1.807, 2.05) is 13.1 Å². The average molecular weight is 235 g/mol. The van der Waals surface area contributed by atoms with Crippen LogP contribution in [0.3, 0.4) is 0 Å². The Morgan fingerprint density at radius 3 is 3.00 bits per heavy atom. The van der Waals surface area contributed by atoms with Crippen LogP contribution in [0.4, 0.5) is 0 Å². The van der Waals surface area contributed by atoms with Gasteiger partial charge in [0, 0.05) is 18.5 Å². The summed E-state index contributed by atoms with van der Waals surface area (Å²) in [4.78, 5) is 0. The van der Waals surface area contributed by atoms with Gasteiger partial charge in [-0.3, -0.25) is 0 Å². The molecule has 0 spiro atoms. The SMILES string of the molecule is CNCCc1nnc(-c2cccc(O)c2)s1. The van der Waals surface area contributed by atoms with Gasteiger partial charge < -0.3 is 10.4 Å². The van der Waals surface area contributed by atoms with Gasteiger partial charge in [0.05, 0.1) is 0 Å². The summed E-state index contributed by atoms with van der Waals surface area (Å²) in [6.45, 7) is 0.897. The van der Waals surface area contributed by atoms with Gasteiger partial charge in [-0.1, -0.05) is 23.5 Å². The van der Waals surface area contributed by atoms with Crippen LogP contribution in [0, 0.1) is 0 Å². The van der Waals surface area contributed by atoms with Gasteiger partial charge in [0.2, 0.25) is 0 Å². The fraction of sp³-hybridized carbons (Fsp3) is 0.273. The van der Waals surface area contributed by atoms with E-state index in [1.54, 1.807) is 29.5 Å². The zero-order valence-corrected chi connectivity index (χ0v) is 9.79. The maximum absolute atomic E-state index is 9.37. The van der Waals surface area contributed by atoms with Crippen molar-refractivity contribution in [3.05, 3.63) is 29.3 Å². The smallest absolute Gasteiger partial charge is 0.147 e. The highest BCUT2D eigenvalue weighted by atomic mass is 32.1. The Balaban J connectivity index is 2.18. The lowest BCUT2D eigenvalue weighted by Crippen LogP contribution is -2.09. The van der Waals surface area contributed by atoms with Crippen molar-refractivity contribution < 1.29 is 5.11 Å². The van der Waals surface area contributed by atoms with E-state index in [0.29, 0.717) is 0 Å². The third-order valence-corrected chi connectivity index (χ3v) is 3.18. The van der Waals surface area contributed by atoms with Crippen LogP contribution in [-0.2, 0) is 6.42 Å². The number of nitrogens with zero attached hydrogens (tertiary/aromatic N) is 2. The predicted octanol–water partition coefficient (Wildman–Crippen LogP) is 1.67. The van der Waals surface area contributed by atoms with E-state index in [1.165, 1.54) is 0 Å². The minimum atomic E-state index is 0.254. The number of aromatic nitrogens is 2. The first-order valence-electron chi connectivity index (χ1n) is 5.06. The summed E-state index contributed by atoms with van der Waals surface area (Å²) in [7, 11) is 1.91. The molecule has 0 fully saturated rings. The fourth-order valence-corrected chi connectivity index (χ4v) is 2.18. The van der Waals surface area contributed by atoms with Crippen LogP contribution in [0.15, 0.2) is 24.3 Å². The normalized spacial score (nSPS) is 10.6. The Morgan fingerprint density at radius 1 is 1.38 bits per heavy atom. The Labute approximate surface area is 98.0 Å². The molecular weight excluding hydrogens is 222 g/mol. The standard InChI is InChI=1S/C11H13N3OS/c1-12-6-5-10-13-14-11(16-10)8-3-2-4-9(15)7-8/h2-4,7,12,15H,5-6H2,1H3. The largest absolute Gasteiger partial charge is 0.508 e. The second kappa shape index (κ2) is 5.05. The van der Waals surface area contributed by atoms with Crippen molar-refractivity contribution in [3.8, 4) is 16.3 Å². The summed E-state index contributed by atoms with van der Waals surface area (Å²) in [5, 5.41) is 22.5. The zero-order valence-electron chi connectivity index (χ0n) is 8.97. The number of phenols is 1. The number of hydrogen-bond donors (Lipinski definition) is 2. The number of rotatable bonds is 4. The van der Waals surface area contributed by atoms with Gasteiger partial charge in [-0.2, -0.15) is 0 Å². The second-order valence-electron chi connectivity index (χ2n) is 3.40. The second-order valence-corrected chi connectivity index (χ2v) is 4.47. The minimum Gasteiger partial charge on any atom is -0.508 e. The molecule has 0 saturated carbocycles. The first-order valence-corrected chi connectivity index (χ1v) is 5.87. The average Bonchev–Trinajstić information content (AvgIpc) is 2.75. The summed E-state index contributed by atoms with van der Waals surface area (Å²) < 4.78 is 0. The lowest BCUT2D eigenvalue weighted by molar-refractivity contribution is 0.475. The molecule has 2 N–H and O–H groups in total. The third-order valence-electron chi connectivity index (χ3n) is 2.15. The highest BCUT2D eigenvalue weighted by molar-refractivity contribution is 7.14. The van der Waals surface area contributed by atoms with Crippen molar-refractivity contribution in [1.29, 1.82) is 0 Å². The van der Waals surface area contributed by atoms with Crippen molar-refractivity contribution in [3.63, 3.8) is 0 Å². The molecule has 5 heteroatoms. The van der Waals surface area contributed by atoms with Gasteiger partial charge in [0.25, 0.3) is 0 Å². The van der Waals surface area contributed by atoms with E-state index in [0.717, 1.165) is 28.5 Å². The molecular formula is C11H13N3OS. The number of hydrogen-bond acceptors (Lipinski definition) is 5. The molecule has 0 saturated heterocycles. The first-order chi connectivity index (χ1) is 7.79. The van der Waals surface area contributed by atoms with E-state index >= 15 is 0 Å². The fourth-order valence-electron chi connectivity index (χ4n) is 1.34. The highest BCUT2D eigenvalue weighted by Gasteiger charge is 2.06. The molecule has 0 radical (unpaired) electrons. The molecule has 16 heavy (non-hydrogen) atoms. The third kappa shape index (κ3) is 2.56. The van der Waals surface area contributed by atoms with Crippen molar-refractivity contribution in [2.45, 2.75) is 6.42 Å². The number of likely N-dealkylation sites (N-methyl/N-ethyl adjacent to an activating group) is 1. The Morgan fingerprint density at radius 2 is 2.25 bits per heavy atom. The van der Waals surface area contributed by atoms with Gasteiger partial charge in [-0.15, -0.1) is 10.2 Å². The van der Waals surface area contributed by atoms with Crippen molar-refractivity contribution in [2.24, 2.45) is 0 Å². The molecule has 1 heterocycles. The van der Waals surface area contributed by atoms with Crippen LogP contribution in [-0.4, -0.2) is 28.9 Å². The van der Waals surface area contributed by atoms with Crippen LogP contribution < -0.4 is 5.32 Å². The Kier molecular flexibility index (Phi) is 3.48. The van der Waals surface area contributed by atoms with Crippen LogP contribution in [0.5, 0.6) is 5.75 Å². The molecule has 0 aliphatic heterocycles. The summed E-state index contributed by atoms with van der Waals surface area (Å²) in [5.41, 5.74) is 0.910. The molecule has 84 valence electrons. The zero-order chi connectivity index (χ0) is 11.4. The van der Waals surface area contributed by atoms with Gasteiger partial charge in [0.1, 0.15) is 15.8 Å². The van der Waals surface area contributed by atoms with E-state index in [4.69, 9.17) is 0 Å². The number of nitrogens with one attached hydrogen (secondary N) is 1. The van der Waals surface area contributed by atoms with Crippen LogP contribution in [0.1, 0.15) is 5.01 Å². The van der Waals surface area contributed by atoms with Crippen LogP contribution in [0.2, 0.25) is 0 Å². The van der Waals surface area contributed by atoms with E-state index < -0.39 is 0 Å². The van der Waals surface area contributed by atoms with Gasteiger partial charge >= 0.3 is 0 Å². The van der Waals surface area contributed by atoms with Gasteiger partial charge in [0.15, 0.2) is 0 Å². The molecule has 0 aliphatic carbocycles. The van der Waals surface area contributed by atoms with Gasteiger partial charge in [-0.05, 0) is 19.2 Å². The van der Waals surface area contributed by atoms with Crippen LogP contribution >= 0.6 is 11.3 Å². The molecule has 2 aromatic rings. The molecule has 0 bridgehead atoms. The summed E-state index contributed by atoms with van der Waals surface area (Å²) in [6.07, 6.45) is 0.882. The molecule has 1 aromatic heterocycles. The lowest BCUT2D eigenvalue weighted by Gasteiger charge is -1.95. The van der Waals surface area contributed by atoms with E-state index in [2.05, 4.69) is 15.5 Å².